The second kappa shape index (κ2) is 8.39. The smallest absolute Gasteiger partial charge is 0.258 e. The van der Waals surface area contributed by atoms with Crippen LogP contribution in [0.4, 0.5) is 0 Å². The summed E-state index contributed by atoms with van der Waals surface area (Å²) in [6.45, 7) is 8.96. The van der Waals surface area contributed by atoms with Crippen molar-refractivity contribution >= 4 is 5.91 Å². The lowest BCUT2D eigenvalue weighted by Crippen LogP contribution is -2.32. The number of carbonyl (C=O) groups excluding carboxylic acids is 1. The molecule has 128 valence electrons. The van der Waals surface area contributed by atoms with E-state index in [0.29, 0.717) is 13.2 Å². The van der Waals surface area contributed by atoms with Gasteiger partial charge < -0.3 is 14.8 Å². The van der Waals surface area contributed by atoms with Gasteiger partial charge in [0.15, 0.2) is 6.61 Å². The van der Waals surface area contributed by atoms with Crippen molar-refractivity contribution in [2.24, 2.45) is 0 Å². The van der Waals surface area contributed by atoms with E-state index < -0.39 is 0 Å². The van der Waals surface area contributed by atoms with Gasteiger partial charge in [0.1, 0.15) is 18.1 Å². The summed E-state index contributed by atoms with van der Waals surface area (Å²) >= 11 is 0. The Labute approximate surface area is 143 Å². The summed E-state index contributed by atoms with van der Waals surface area (Å²) in [4.78, 5) is 11.8. The van der Waals surface area contributed by atoms with E-state index in [9.17, 15) is 4.79 Å². The molecule has 0 unspecified atom stereocenters. The molecule has 0 atom stereocenters. The SMILES string of the molecule is Cc1cc(C)cc(OCCNC(=O)COc2cccc(C)c2C)c1. The molecule has 4 nitrogen and oxygen atoms in total. The third-order valence-electron chi connectivity index (χ3n) is 3.80. The van der Waals surface area contributed by atoms with Crippen molar-refractivity contribution in [2.45, 2.75) is 27.7 Å². The minimum atomic E-state index is -0.153. The van der Waals surface area contributed by atoms with Crippen LogP contribution in [0.5, 0.6) is 11.5 Å². The van der Waals surface area contributed by atoms with Crippen LogP contribution in [0.25, 0.3) is 0 Å². The van der Waals surface area contributed by atoms with Gasteiger partial charge in [0.25, 0.3) is 5.91 Å². The molecule has 0 saturated heterocycles. The van der Waals surface area contributed by atoms with Crippen LogP contribution in [0.2, 0.25) is 0 Å². The summed E-state index contributed by atoms with van der Waals surface area (Å²) in [6.07, 6.45) is 0. The maximum absolute atomic E-state index is 11.8. The Kier molecular flexibility index (Phi) is 6.24. The largest absolute Gasteiger partial charge is 0.492 e. The zero-order valence-electron chi connectivity index (χ0n) is 14.8. The third kappa shape index (κ3) is 5.30. The summed E-state index contributed by atoms with van der Waals surface area (Å²) in [7, 11) is 0. The fourth-order valence-corrected chi connectivity index (χ4v) is 2.45. The minimum Gasteiger partial charge on any atom is -0.492 e. The lowest BCUT2D eigenvalue weighted by Gasteiger charge is -2.12. The average molecular weight is 327 g/mol. The molecule has 0 bridgehead atoms. The molecule has 1 amide bonds. The summed E-state index contributed by atoms with van der Waals surface area (Å²) in [5.74, 6) is 1.42. The first-order valence-electron chi connectivity index (χ1n) is 8.12. The summed E-state index contributed by atoms with van der Waals surface area (Å²) in [5.41, 5.74) is 4.53. The molecule has 0 radical (unpaired) electrons. The van der Waals surface area contributed by atoms with E-state index in [0.717, 1.165) is 33.8 Å². The fraction of sp³-hybridized carbons (Fsp3) is 0.350. The summed E-state index contributed by atoms with van der Waals surface area (Å²) in [5, 5.41) is 2.80. The molecule has 0 saturated carbocycles. The summed E-state index contributed by atoms with van der Waals surface area (Å²) in [6, 6.07) is 11.9. The molecule has 0 aliphatic rings. The Morgan fingerprint density at radius 1 is 1.00 bits per heavy atom. The zero-order valence-corrected chi connectivity index (χ0v) is 14.8. The first kappa shape index (κ1) is 17.9. The molecule has 2 aromatic rings. The molecule has 4 heteroatoms. The van der Waals surface area contributed by atoms with Gasteiger partial charge in [0.2, 0.25) is 0 Å². The number of hydrogen-bond acceptors (Lipinski definition) is 3. The minimum absolute atomic E-state index is 0.00778. The number of rotatable bonds is 7. The number of hydrogen-bond donors (Lipinski definition) is 1. The van der Waals surface area contributed by atoms with Gasteiger partial charge in [-0.25, -0.2) is 0 Å². The Balaban J connectivity index is 1.71. The second-order valence-electron chi connectivity index (χ2n) is 6.01. The van der Waals surface area contributed by atoms with E-state index in [1.54, 1.807) is 0 Å². The maximum Gasteiger partial charge on any atom is 0.258 e. The molecule has 2 aromatic carbocycles. The number of aryl methyl sites for hydroxylation is 3. The average Bonchev–Trinajstić information content (AvgIpc) is 2.52. The molecule has 0 aliphatic carbocycles. The zero-order chi connectivity index (χ0) is 17.5. The summed E-state index contributed by atoms with van der Waals surface area (Å²) < 4.78 is 11.2. The van der Waals surface area contributed by atoms with Gasteiger partial charge in [-0.05, 0) is 68.1 Å². The van der Waals surface area contributed by atoms with Gasteiger partial charge in [-0.15, -0.1) is 0 Å². The van der Waals surface area contributed by atoms with Crippen LogP contribution in [0.3, 0.4) is 0 Å². The molecule has 24 heavy (non-hydrogen) atoms. The van der Waals surface area contributed by atoms with Crippen LogP contribution >= 0.6 is 0 Å². The first-order valence-corrected chi connectivity index (χ1v) is 8.12. The van der Waals surface area contributed by atoms with Crippen LogP contribution in [0, 0.1) is 27.7 Å². The molecule has 0 aliphatic heterocycles. The van der Waals surface area contributed by atoms with Crippen LogP contribution in [0.15, 0.2) is 36.4 Å². The van der Waals surface area contributed by atoms with Gasteiger partial charge in [-0.2, -0.15) is 0 Å². The van der Waals surface area contributed by atoms with Gasteiger partial charge in [-0.3, -0.25) is 4.79 Å². The van der Waals surface area contributed by atoms with Crippen molar-refractivity contribution in [3.05, 3.63) is 58.7 Å². The molecule has 0 spiro atoms. The van der Waals surface area contributed by atoms with Gasteiger partial charge in [-0.1, -0.05) is 18.2 Å². The predicted octanol–water partition coefficient (Wildman–Crippen LogP) is 3.49. The van der Waals surface area contributed by atoms with E-state index in [2.05, 4.69) is 11.4 Å². The van der Waals surface area contributed by atoms with Crippen molar-refractivity contribution in [1.29, 1.82) is 0 Å². The van der Waals surface area contributed by atoms with Crippen LogP contribution < -0.4 is 14.8 Å². The molecular formula is C20H25NO3. The Morgan fingerprint density at radius 2 is 1.71 bits per heavy atom. The highest BCUT2D eigenvalue weighted by Crippen LogP contribution is 2.20. The lowest BCUT2D eigenvalue weighted by molar-refractivity contribution is -0.123. The van der Waals surface area contributed by atoms with Crippen LogP contribution in [-0.2, 0) is 4.79 Å². The normalized spacial score (nSPS) is 10.3. The van der Waals surface area contributed by atoms with Crippen molar-refractivity contribution in [2.75, 3.05) is 19.8 Å². The Morgan fingerprint density at radius 3 is 2.42 bits per heavy atom. The maximum atomic E-state index is 11.8. The number of amides is 1. The van der Waals surface area contributed by atoms with Crippen molar-refractivity contribution in [1.82, 2.24) is 5.32 Å². The van der Waals surface area contributed by atoms with E-state index in [1.807, 2.05) is 58.0 Å². The third-order valence-corrected chi connectivity index (χ3v) is 3.80. The number of benzene rings is 2. The van der Waals surface area contributed by atoms with E-state index >= 15 is 0 Å². The molecule has 2 rings (SSSR count). The van der Waals surface area contributed by atoms with Gasteiger partial charge in [0, 0.05) is 0 Å². The standard InChI is InChI=1S/C20H25NO3/c1-14-10-15(2)12-18(11-14)23-9-8-21-20(22)13-24-19-7-5-6-16(3)17(19)4/h5-7,10-12H,8-9,13H2,1-4H3,(H,21,22). The molecule has 1 N–H and O–H groups in total. The van der Waals surface area contributed by atoms with E-state index in [1.165, 1.54) is 0 Å². The molecule has 0 fully saturated rings. The lowest BCUT2D eigenvalue weighted by atomic mass is 10.1. The van der Waals surface area contributed by atoms with Gasteiger partial charge >= 0.3 is 0 Å². The van der Waals surface area contributed by atoms with E-state index in [-0.39, 0.29) is 12.5 Å². The second-order valence-corrected chi connectivity index (χ2v) is 6.01. The quantitative estimate of drug-likeness (QED) is 0.792. The Bertz CT molecular complexity index is 690. The molecule has 0 heterocycles. The van der Waals surface area contributed by atoms with Crippen molar-refractivity contribution in [3.63, 3.8) is 0 Å². The Hall–Kier alpha value is -2.49. The first-order chi connectivity index (χ1) is 11.5. The number of nitrogens with one attached hydrogen (secondary N) is 1. The number of ether oxygens (including phenoxy) is 2. The van der Waals surface area contributed by atoms with Crippen LogP contribution in [-0.4, -0.2) is 25.7 Å². The fourth-order valence-electron chi connectivity index (χ4n) is 2.45. The van der Waals surface area contributed by atoms with E-state index in [4.69, 9.17) is 9.47 Å². The predicted molar refractivity (Wildman–Crippen MR) is 95.8 cm³/mol. The van der Waals surface area contributed by atoms with Crippen molar-refractivity contribution < 1.29 is 14.3 Å². The molecule has 0 aromatic heterocycles. The highest BCUT2D eigenvalue weighted by Gasteiger charge is 2.06. The number of carbonyl (C=O) groups is 1. The highest BCUT2D eigenvalue weighted by atomic mass is 16.5. The monoisotopic (exact) mass is 327 g/mol. The van der Waals surface area contributed by atoms with Crippen molar-refractivity contribution in [3.8, 4) is 11.5 Å². The highest BCUT2D eigenvalue weighted by molar-refractivity contribution is 5.77. The topological polar surface area (TPSA) is 47.6 Å². The van der Waals surface area contributed by atoms with Gasteiger partial charge in [0.05, 0.1) is 6.54 Å². The van der Waals surface area contributed by atoms with Crippen LogP contribution in [0.1, 0.15) is 22.3 Å². The molecular weight excluding hydrogens is 302 g/mol.